The van der Waals surface area contributed by atoms with E-state index >= 15 is 0 Å². The molecule has 0 saturated carbocycles. The van der Waals surface area contributed by atoms with E-state index in [1.165, 1.54) is 0 Å². The first-order valence-electron chi connectivity index (χ1n) is 7.02. The summed E-state index contributed by atoms with van der Waals surface area (Å²) < 4.78 is 3.41. The van der Waals surface area contributed by atoms with Crippen molar-refractivity contribution < 1.29 is 5.11 Å². The molecule has 4 nitrogen and oxygen atoms in total. The van der Waals surface area contributed by atoms with Crippen LogP contribution in [-0.2, 0) is 13.5 Å². The summed E-state index contributed by atoms with van der Waals surface area (Å²) in [5.41, 5.74) is 3.52. The molecule has 0 amide bonds. The van der Waals surface area contributed by atoms with Crippen molar-refractivity contribution in [3.05, 3.63) is 69.9 Å². The third-order valence-electron chi connectivity index (χ3n) is 3.87. The summed E-state index contributed by atoms with van der Waals surface area (Å²) in [5.74, 6) is 0. The minimum Gasteiger partial charge on any atom is -0.389 e. The molecule has 1 aliphatic carbocycles. The molecule has 1 unspecified atom stereocenters. The zero-order valence-corrected chi connectivity index (χ0v) is 12.2. The lowest BCUT2D eigenvalue weighted by atomic mass is 10.1. The molecule has 0 fully saturated rings. The van der Waals surface area contributed by atoms with E-state index in [-0.39, 0.29) is 5.69 Å². The van der Waals surface area contributed by atoms with Gasteiger partial charge in [0.05, 0.1) is 23.2 Å². The Bertz CT molecular complexity index is 774. The van der Waals surface area contributed by atoms with Gasteiger partial charge in [-0.2, -0.15) is 0 Å². The van der Waals surface area contributed by atoms with Gasteiger partial charge in [-0.1, -0.05) is 30.4 Å². The molecule has 1 aromatic carbocycles. The molecule has 1 atom stereocenters. The van der Waals surface area contributed by atoms with E-state index in [1.807, 2.05) is 48.6 Å². The number of fused-ring (bicyclic) bond motifs is 1. The molecule has 1 aromatic heterocycles. The number of benzene rings is 1. The second-order valence-electron chi connectivity index (χ2n) is 5.27. The fraction of sp³-hybridized carbons (Fsp3) is 0.235. The van der Waals surface area contributed by atoms with Crippen LogP contribution in [0.1, 0.15) is 30.0 Å². The Kier molecular flexibility index (Phi) is 3.39. The molecule has 1 N–H and O–H groups in total. The highest BCUT2D eigenvalue weighted by Crippen LogP contribution is 2.20. The highest BCUT2D eigenvalue weighted by molar-refractivity contribution is 5.56. The summed E-state index contributed by atoms with van der Waals surface area (Å²) >= 11 is 0. The molecular formula is C17H18N2O2. The first kappa shape index (κ1) is 13.6. The molecule has 2 aromatic rings. The lowest BCUT2D eigenvalue weighted by Crippen LogP contribution is -2.22. The first-order chi connectivity index (χ1) is 10.1. The Labute approximate surface area is 123 Å². The summed E-state index contributed by atoms with van der Waals surface area (Å²) in [6.07, 6.45) is 8.18. The van der Waals surface area contributed by atoms with Crippen molar-refractivity contribution in [2.24, 2.45) is 7.05 Å². The van der Waals surface area contributed by atoms with Gasteiger partial charge in [-0.3, -0.25) is 9.13 Å². The predicted molar refractivity (Wildman–Crippen MR) is 83.5 cm³/mol. The van der Waals surface area contributed by atoms with Crippen molar-refractivity contribution in [3.8, 4) is 5.69 Å². The Morgan fingerprint density at radius 3 is 2.57 bits per heavy atom. The smallest absolute Gasteiger partial charge is 0.333 e. The monoisotopic (exact) mass is 282 g/mol. The number of nitrogens with zero attached hydrogens (tertiary/aromatic N) is 2. The van der Waals surface area contributed by atoms with Crippen LogP contribution in [0, 0.1) is 0 Å². The number of imidazole rings is 1. The standard InChI is InChI=1S/C17H18N2O2/c1-12(20)13-8-10-14(11-9-13)19-16-7-5-3-4-6-15(16)18(2)17(19)21/h3-5,7-12,20H,6H2,1-2H3. The van der Waals surface area contributed by atoms with E-state index in [0.29, 0.717) is 0 Å². The second-order valence-corrected chi connectivity index (χ2v) is 5.27. The van der Waals surface area contributed by atoms with Crippen molar-refractivity contribution in [2.45, 2.75) is 19.4 Å². The van der Waals surface area contributed by atoms with Crippen LogP contribution in [0.25, 0.3) is 11.8 Å². The van der Waals surface area contributed by atoms with Gasteiger partial charge in [-0.15, -0.1) is 0 Å². The fourth-order valence-corrected chi connectivity index (χ4v) is 2.64. The van der Waals surface area contributed by atoms with Crippen molar-refractivity contribution >= 4 is 6.08 Å². The molecule has 0 spiro atoms. The van der Waals surface area contributed by atoms with Gasteiger partial charge in [0.15, 0.2) is 0 Å². The lowest BCUT2D eigenvalue weighted by Gasteiger charge is -2.08. The van der Waals surface area contributed by atoms with Gasteiger partial charge >= 0.3 is 5.69 Å². The highest BCUT2D eigenvalue weighted by atomic mass is 16.3. The molecule has 0 radical (unpaired) electrons. The number of aromatic nitrogens is 2. The van der Waals surface area contributed by atoms with Gasteiger partial charge in [0.25, 0.3) is 0 Å². The first-order valence-corrected chi connectivity index (χ1v) is 7.02. The van der Waals surface area contributed by atoms with E-state index in [1.54, 1.807) is 23.1 Å². The quantitative estimate of drug-likeness (QED) is 0.919. The predicted octanol–water partition coefficient (Wildman–Crippen LogP) is 2.35. The largest absolute Gasteiger partial charge is 0.389 e. The van der Waals surface area contributed by atoms with Crippen molar-refractivity contribution in [3.63, 3.8) is 0 Å². The Balaban J connectivity index is 2.17. The van der Waals surface area contributed by atoms with E-state index in [0.717, 1.165) is 29.1 Å². The molecule has 108 valence electrons. The molecule has 1 heterocycles. The average molecular weight is 282 g/mol. The van der Waals surface area contributed by atoms with Crippen LogP contribution in [0.5, 0.6) is 0 Å². The normalized spacial score (nSPS) is 14.8. The third-order valence-corrected chi connectivity index (χ3v) is 3.87. The Morgan fingerprint density at radius 2 is 1.90 bits per heavy atom. The van der Waals surface area contributed by atoms with Gasteiger partial charge in [0.1, 0.15) is 0 Å². The van der Waals surface area contributed by atoms with Crippen molar-refractivity contribution in [2.75, 3.05) is 0 Å². The van der Waals surface area contributed by atoms with Gasteiger partial charge in [-0.05, 0) is 30.7 Å². The zero-order valence-electron chi connectivity index (χ0n) is 12.2. The van der Waals surface area contributed by atoms with Crippen LogP contribution < -0.4 is 5.69 Å². The zero-order chi connectivity index (χ0) is 15.0. The van der Waals surface area contributed by atoms with Crippen LogP contribution in [0.4, 0.5) is 0 Å². The number of aliphatic hydroxyl groups excluding tert-OH is 1. The second kappa shape index (κ2) is 5.22. The Morgan fingerprint density at radius 1 is 1.19 bits per heavy atom. The van der Waals surface area contributed by atoms with Crippen LogP contribution in [0.15, 0.2) is 47.3 Å². The third kappa shape index (κ3) is 2.28. The maximum Gasteiger partial charge on any atom is 0.333 e. The van der Waals surface area contributed by atoms with E-state index in [4.69, 9.17) is 0 Å². The minimum atomic E-state index is -0.507. The van der Waals surface area contributed by atoms with Crippen LogP contribution >= 0.6 is 0 Å². The molecule has 21 heavy (non-hydrogen) atoms. The summed E-state index contributed by atoms with van der Waals surface area (Å²) in [7, 11) is 1.80. The van der Waals surface area contributed by atoms with Crippen molar-refractivity contribution in [1.82, 2.24) is 9.13 Å². The van der Waals surface area contributed by atoms with Crippen LogP contribution in [0.3, 0.4) is 0 Å². The van der Waals surface area contributed by atoms with E-state index in [9.17, 15) is 9.90 Å². The number of rotatable bonds is 2. The maximum atomic E-state index is 12.5. The lowest BCUT2D eigenvalue weighted by molar-refractivity contribution is 0.199. The number of aliphatic hydroxyl groups is 1. The summed E-state index contributed by atoms with van der Waals surface area (Å²) in [6, 6.07) is 7.45. The number of allylic oxidation sites excluding steroid dienone is 3. The van der Waals surface area contributed by atoms with Gasteiger partial charge in [0.2, 0.25) is 0 Å². The van der Waals surface area contributed by atoms with E-state index < -0.39 is 6.10 Å². The molecule has 0 saturated heterocycles. The number of hydrogen-bond donors (Lipinski definition) is 1. The minimum absolute atomic E-state index is 0.0512. The summed E-state index contributed by atoms with van der Waals surface area (Å²) in [4.78, 5) is 12.5. The average Bonchev–Trinajstić information content (AvgIpc) is 2.65. The summed E-state index contributed by atoms with van der Waals surface area (Å²) in [5, 5.41) is 9.58. The molecule has 0 aliphatic heterocycles. The number of hydrogen-bond acceptors (Lipinski definition) is 2. The Hall–Kier alpha value is -2.33. The topological polar surface area (TPSA) is 47.2 Å². The maximum absolute atomic E-state index is 12.5. The molecule has 0 bridgehead atoms. The molecule has 1 aliphatic rings. The van der Waals surface area contributed by atoms with Crippen LogP contribution in [0.2, 0.25) is 0 Å². The van der Waals surface area contributed by atoms with E-state index in [2.05, 4.69) is 0 Å². The summed E-state index contributed by atoms with van der Waals surface area (Å²) in [6.45, 7) is 1.73. The molecule has 3 rings (SSSR count). The van der Waals surface area contributed by atoms with Crippen LogP contribution in [-0.4, -0.2) is 14.2 Å². The highest BCUT2D eigenvalue weighted by Gasteiger charge is 2.17. The SMILES string of the molecule is CC(O)c1ccc(-n2c3c(n(C)c2=O)CC=CC=C3)cc1. The molecular weight excluding hydrogens is 264 g/mol. The van der Waals surface area contributed by atoms with Gasteiger partial charge in [-0.25, -0.2) is 4.79 Å². The van der Waals surface area contributed by atoms with Crippen molar-refractivity contribution in [1.29, 1.82) is 0 Å². The fourth-order valence-electron chi connectivity index (χ4n) is 2.64. The van der Waals surface area contributed by atoms with Gasteiger partial charge < -0.3 is 5.11 Å². The molecule has 4 heteroatoms. The van der Waals surface area contributed by atoms with Gasteiger partial charge in [0, 0.05) is 13.5 Å².